The average molecular weight is 868 g/mol. The van der Waals surface area contributed by atoms with Crippen LogP contribution in [0.1, 0.15) is 90.6 Å². The number of halogens is 2. The van der Waals surface area contributed by atoms with Crippen LogP contribution >= 0.6 is 17.0 Å². The van der Waals surface area contributed by atoms with E-state index in [9.17, 15) is 0 Å². The van der Waals surface area contributed by atoms with Crippen LogP contribution < -0.4 is 0 Å². The Morgan fingerprint density at radius 3 is 1.16 bits per heavy atom. The Morgan fingerprint density at radius 2 is 0.804 bits per heavy atom. The first-order valence-electron chi connectivity index (χ1n) is 20.7. The molecule has 2 atom stereocenters. The molecule has 0 bridgehead atoms. The quantitative estimate of drug-likeness (QED) is 0.114. The van der Waals surface area contributed by atoms with Crippen molar-refractivity contribution in [3.63, 3.8) is 0 Å². The molecule has 0 saturated heterocycles. The molecule has 2 unspecified atom stereocenters. The first-order chi connectivity index (χ1) is 27.2. The molecule has 0 aliphatic heterocycles. The summed E-state index contributed by atoms with van der Waals surface area (Å²) in [6.45, 7) is 14.0. The van der Waals surface area contributed by atoms with Crippen LogP contribution in [-0.4, -0.2) is 5.92 Å². The third-order valence-electron chi connectivity index (χ3n) is 13.1. The van der Waals surface area contributed by atoms with Gasteiger partial charge in [-0.2, -0.15) is 0 Å². The summed E-state index contributed by atoms with van der Waals surface area (Å²) in [7, 11) is 18.2. The fourth-order valence-electron chi connectivity index (χ4n) is 10.1. The van der Waals surface area contributed by atoms with Gasteiger partial charge in [-0.05, 0) is 0 Å². The molecular formula is C52H53Cl2SiZr. The van der Waals surface area contributed by atoms with Crippen molar-refractivity contribution in [3.8, 4) is 22.3 Å². The Labute approximate surface area is 344 Å². The van der Waals surface area contributed by atoms with E-state index in [-0.39, 0.29) is 7.25 Å². The maximum atomic E-state index is 9.10. The van der Waals surface area contributed by atoms with Crippen molar-refractivity contribution in [2.75, 3.05) is 0 Å². The van der Waals surface area contributed by atoms with Crippen LogP contribution in [0.3, 0.4) is 0 Å². The van der Waals surface area contributed by atoms with Gasteiger partial charge in [-0.25, -0.2) is 0 Å². The number of hydrogen-bond acceptors (Lipinski definition) is 0. The summed E-state index contributed by atoms with van der Waals surface area (Å²) in [6, 6.07) is 49.6. The summed E-state index contributed by atoms with van der Waals surface area (Å²) in [6.07, 6.45) is 8.88. The van der Waals surface area contributed by atoms with Gasteiger partial charge in [-0.3, -0.25) is 0 Å². The van der Waals surface area contributed by atoms with Crippen molar-refractivity contribution in [1.29, 1.82) is 0 Å². The predicted molar refractivity (Wildman–Crippen MR) is 246 cm³/mol. The van der Waals surface area contributed by atoms with Gasteiger partial charge < -0.3 is 0 Å². The van der Waals surface area contributed by atoms with E-state index in [1.165, 1.54) is 89.0 Å². The van der Waals surface area contributed by atoms with Crippen LogP contribution in [-0.2, 0) is 41.2 Å². The van der Waals surface area contributed by atoms with Crippen molar-refractivity contribution < 1.29 is 15.6 Å². The molecule has 0 nitrogen and oxygen atoms in total. The Bertz CT molecular complexity index is 2330. The summed E-state index contributed by atoms with van der Waals surface area (Å²) >= 11 is -5.26. The number of rotatable bonds is 11. The summed E-state index contributed by atoms with van der Waals surface area (Å²) in [5.74, 6) is -1.85. The molecule has 283 valence electrons. The maximum absolute atomic E-state index is 9.10. The van der Waals surface area contributed by atoms with E-state index in [2.05, 4.69) is 186 Å². The Morgan fingerprint density at radius 1 is 0.446 bits per heavy atom. The fourth-order valence-corrected chi connectivity index (χ4v) is 40.2. The Kier molecular flexibility index (Phi) is 11.0. The molecule has 0 radical (unpaired) electrons. The zero-order chi connectivity index (χ0) is 39.2. The molecule has 0 heterocycles. The zero-order valence-corrected chi connectivity index (χ0v) is 38.8. The third-order valence-corrected chi connectivity index (χ3v) is 64.6. The summed E-state index contributed by atoms with van der Waals surface area (Å²) in [5, 5.41) is 0. The van der Waals surface area contributed by atoms with Gasteiger partial charge in [0.25, 0.3) is 0 Å². The average Bonchev–Trinajstić information content (AvgIpc) is 3.85. The van der Waals surface area contributed by atoms with Gasteiger partial charge in [0, 0.05) is 0 Å². The van der Waals surface area contributed by atoms with Crippen molar-refractivity contribution in [2.24, 2.45) is 0 Å². The number of benzene rings is 6. The number of aryl methyl sites for hydroxylation is 4. The van der Waals surface area contributed by atoms with Gasteiger partial charge in [0.05, 0.1) is 0 Å². The molecule has 0 aromatic heterocycles. The molecule has 56 heavy (non-hydrogen) atoms. The molecule has 0 N–H and O–H groups in total. The van der Waals surface area contributed by atoms with Crippen LogP contribution in [0.15, 0.2) is 133 Å². The topological polar surface area (TPSA) is 0 Å². The van der Waals surface area contributed by atoms with E-state index in [4.69, 9.17) is 17.0 Å². The molecule has 0 fully saturated rings. The normalized spacial score (nSPS) is 16.9. The Hall–Kier alpha value is -3.52. The molecule has 6 aromatic carbocycles. The molecule has 2 aliphatic rings. The van der Waals surface area contributed by atoms with Crippen LogP contribution in [0.2, 0.25) is 13.1 Å². The summed E-state index contributed by atoms with van der Waals surface area (Å²) < 4.78 is -0.162. The standard InChI is InChI=1S/2C25H23.C2H7Si.2ClH.Zr/c2*1-3-18-10-8-9-13-23(18)25-19(4-2)14-15-21-16-22(17-24(21)25)20-11-6-5-7-12-20;1-3-2;;;/h2*5-17H,3-4H2,1-2H3;3H,1-2H3;2*1H;/q;;;;;+2/p-2. The Balaban J connectivity index is 1.47. The molecular weight excluding hydrogens is 815 g/mol. The van der Waals surface area contributed by atoms with Gasteiger partial charge in [0.1, 0.15) is 0 Å². The minimum atomic E-state index is -5.26. The second kappa shape index (κ2) is 15.7. The van der Waals surface area contributed by atoms with Gasteiger partial charge >= 0.3 is 347 Å². The molecule has 0 saturated carbocycles. The van der Waals surface area contributed by atoms with Crippen molar-refractivity contribution in [3.05, 3.63) is 189 Å². The first-order valence-corrected chi connectivity index (χ1v) is 37.1. The third kappa shape index (κ3) is 6.26. The van der Waals surface area contributed by atoms with Gasteiger partial charge in [-0.1, -0.05) is 0 Å². The summed E-state index contributed by atoms with van der Waals surface area (Å²) in [4.78, 5) is 0. The van der Waals surface area contributed by atoms with Gasteiger partial charge in [0.2, 0.25) is 0 Å². The van der Waals surface area contributed by atoms with E-state index in [0.29, 0.717) is 0 Å². The predicted octanol–water partition coefficient (Wildman–Crippen LogP) is 15.1. The van der Waals surface area contributed by atoms with Crippen molar-refractivity contribution in [1.82, 2.24) is 0 Å². The molecule has 6 aromatic rings. The number of hydrogen-bond donors (Lipinski definition) is 0. The van der Waals surface area contributed by atoms with Crippen LogP contribution in [0.4, 0.5) is 0 Å². The summed E-state index contributed by atoms with van der Waals surface area (Å²) in [5.41, 5.74) is 21.2. The van der Waals surface area contributed by atoms with E-state index >= 15 is 0 Å². The van der Waals surface area contributed by atoms with E-state index < -0.39 is 21.5 Å². The second-order valence-electron chi connectivity index (χ2n) is 16.1. The van der Waals surface area contributed by atoms with E-state index in [1.807, 2.05) is 0 Å². The van der Waals surface area contributed by atoms with Gasteiger partial charge in [-0.15, -0.1) is 0 Å². The zero-order valence-electron chi connectivity index (χ0n) is 33.7. The minimum absolute atomic E-state index is 0.0809. The number of allylic oxidation sites excluding steroid dienone is 2. The van der Waals surface area contributed by atoms with Crippen LogP contribution in [0.25, 0.3) is 45.6 Å². The molecule has 8 rings (SSSR count). The van der Waals surface area contributed by atoms with Crippen LogP contribution in [0.5, 0.6) is 0 Å². The monoisotopic (exact) mass is 865 g/mol. The molecule has 0 amide bonds. The second-order valence-corrected chi connectivity index (χ2v) is 58.6. The van der Waals surface area contributed by atoms with Gasteiger partial charge in [0.15, 0.2) is 0 Å². The molecule has 4 heteroatoms. The van der Waals surface area contributed by atoms with Crippen molar-refractivity contribution in [2.45, 2.75) is 73.7 Å². The van der Waals surface area contributed by atoms with E-state index in [0.717, 1.165) is 25.7 Å². The molecule has 0 spiro atoms. The fraction of sp³-hybridized carbons (Fsp3) is 0.231. The van der Waals surface area contributed by atoms with Crippen LogP contribution in [0, 0.1) is 0 Å². The van der Waals surface area contributed by atoms with Crippen molar-refractivity contribution >= 4 is 46.2 Å². The molecule has 2 aliphatic carbocycles. The van der Waals surface area contributed by atoms with E-state index in [1.54, 1.807) is 0 Å². The first kappa shape index (κ1) is 39.3. The number of fused-ring (bicyclic) bond motifs is 2. The SMILES string of the molecule is CCc1ccccc1-c1c(CC)ccc2c1C=C(c1ccccc1)[CH]2[Zr]([Cl])([Cl])([CH]1C(c2ccccc2)=Cc2c1ccc(CC)c2-c1ccccc1CC)[SiH](C)C.